The first kappa shape index (κ1) is 7.57. The van der Waals surface area contributed by atoms with Gasteiger partial charge in [-0.25, -0.2) is 0 Å². The van der Waals surface area contributed by atoms with Crippen molar-refractivity contribution in [2.24, 2.45) is 17.8 Å². The Morgan fingerprint density at radius 2 is 1.77 bits per heavy atom. The van der Waals surface area contributed by atoms with Gasteiger partial charge >= 0.3 is 0 Å². The normalized spacial score (nSPS) is 35.8. The number of piperidine rings is 1. The van der Waals surface area contributed by atoms with E-state index in [-0.39, 0.29) is 0 Å². The highest BCUT2D eigenvalue weighted by Crippen LogP contribution is 2.50. The predicted molar refractivity (Wildman–Crippen MR) is 53.5 cm³/mol. The fraction of sp³-hybridized carbons (Fsp3) is 0.500. The van der Waals surface area contributed by atoms with Crippen molar-refractivity contribution >= 4 is 0 Å². The van der Waals surface area contributed by atoms with Crippen molar-refractivity contribution in [3.05, 3.63) is 35.9 Å². The lowest BCUT2D eigenvalue weighted by Crippen LogP contribution is -2.15. The van der Waals surface area contributed by atoms with Crippen molar-refractivity contribution in [2.45, 2.75) is 6.42 Å². The molecule has 0 radical (unpaired) electrons. The standard InChI is InChI=1S/C12H15N/c1-2-4-9(5-3-1)6-10-11-7-13-8-12(10)11/h1-5,10-13H,6-8H2. The van der Waals surface area contributed by atoms with Crippen molar-refractivity contribution in [3.8, 4) is 0 Å². The van der Waals surface area contributed by atoms with E-state index in [1.807, 2.05) is 0 Å². The Kier molecular flexibility index (Phi) is 1.66. The molecule has 1 aliphatic heterocycles. The third-order valence-corrected chi connectivity index (χ3v) is 3.58. The van der Waals surface area contributed by atoms with E-state index in [0.29, 0.717) is 0 Å². The van der Waals surface area contributed by atoms with E-state index >= 15 is 0 Å². The van der Waals surface area contributed by atoms with Gasteiger partial charge in [0.1, 0.15) is 0 Å². The molecule has 2 fully saturated rings. The summed E-state index contributed by atoms with van der Waals surface area (Å²) in [6, 6.07) is 10.9. The number of benzene rings is 1. The van der Waals surface area contributed by atoms with Crippen molar-refractivity contribution < 1.29 is 0 Å². The minimum Gasteiger partial charge on any atom is -0.316 e. The highest BCUT2D eigenvalue weighted by atomic mass is 15.0. The highest BCUT2D eigenvalue weighted by molar-refractivity contribution is 5.19. The second-order valence-corrected chi connectivity index (χ2v) is 4.34. The summed E-state index contributed by atoms with van der Waals surface area (Å²) in [4.78, 5) is 0. The zero-order valence-corrected chi connectivity index (χ0v) is 7.74. The first-order valence-electron chi connectivity index (χ1n) is 5.20. The second-order valence-electron chi connectivity index (χ2n) is 4.34. The molecule has 2 unspecified atom stereocenters. The summed E-state index contributed by atoms with van der Waals surface area (Å²) in [6.45, 7) is 2.53. The van der Waals surface area contributed by atoms with E-state index in [9.17, 15) is 0 Å². The SMILES string of the molecule is c1ccc(CC2C3CNCC32)cc1. The maximum absolute atomic E-state index is 3.44. The molecule has 1 aromatic carbocycles. The van der Waals surface area contributed by atoms with Crippen molar-refractivity contribution in [2.75, 3.05) is 13.1 Å². The van der Waals surface area contributed by atoms with E-state index in [0.717, 1.165) is 17.8 Å². The van der Waals surface area contributed by atoms with Gasteiger partial charge in [-0.15, -0.1) is 0 Å². The number of rotatable bonds is 2. The molecule has 1 heteroatoms. The molecule has 3 rings (SSSR count). The number of fused-ring (bicyclic) bond motifs is 1. The monoisotopic (exact) mass is 173 g/mol. The zero-order valence-electron chi connectivity index (χ0n) is 7.74. The average Bonchev–Trinajstić information content (AvgIpc) is 2.65. The van der Waals surface area contributed by atoms with Gasteiger partial charge in [0, 0.05) is 0 Å². The van der Waals surface area contributed by atoms with E-state index in [1.165, 1.54) is 25.1 Å². The molecule has 1 saturated carbocycles. The van der Waals surface area contributed by atoms with Crippen LogP contribution in [0.4, 0.5) is 0 Å². The van der Waals surface area contributed by atoms with E-state index < -0.39 is 0 Å². The van der Waals surface area contributed by atoms with Gasteiger partial charge < -0.3 is 5.32 Å². The molecule has 13 heavy (non-hydrogen) atoms. The summed E-state index contributed by atoms with van der Waals surface area (Å²) < 4.78 is 0. The van der Waals surface area contributed by atoms with E-state index in [1.54, 1.807) is 0 Å². The summed E-state index contributed by atoms with van der Waals surface area (Å²) in [6.07, 6.45) is 1.30. The van der Waals surface area contributed by atoms with Crippen LogP contribution >= 0.6 is 0 Å². The molecular weight excluding hydrogens is 158 g/mol. The van der Waals surface area contributed by atoms with Gasteiger partial charge in [-0.05, 0) is 42.8 Å². The summed E-state index contributed by atoms with van der Waals surface area (Å²) in [7, 11) is 0. The topological polar surface area (TPSA) is 12.0 Å². The van der Waals surface area contributed by atoms with Crippen molar-refractivity contribution in [3.63, 3.8) is 0 Å². The van der Waals surface area contributed by atoms with Crippen LogP contribution in [0.1, 0.15) is 5.56 Å². The molecule has 1 saturated heterocycles. The molecule has 1 nitrogen and oxygen atoms in total. The van der Waals surface area contributed by atoms with Gasteiger partial charge in [0.05, 0.1) is 0 Å². The number of nitrogens with one attached hydrogen (secondary N) is 1. The first-order valence-corrected chi connectivity index (χ1v) is 5.20. The molecule has 2 aliphatic rings. The van der Waals surface area contributed by atoms with E-state index in [2.05, 4.69) is 35.6 Å². The minimum absolute atomic E-state index is 0.989. The Morgan fingerprint density at radius 1 is 1.08 bits per heavy atom. The Morgan fingerprint density at radius 3 is 2.46 bits per heavy atom. The van der Waals surface area contributed by atoms with Gasteiger partial charge in [0.15, 0.2) is 0 Å². The molecular formula is C12H15N. The van der Waals surface area contributed by atoms with Crippen LogP contribution in [0.3, 0.4) is 0 Å². The summed E-state index contributed by atoms with van der Waals surface area (Å²) in [5.41, 5.74) is 1.52. The predicted octanol–water partition coefficient (Wildman–Crippen LogP) is 1.69. The van der Waals surface area contributed by atoms with Crippen LogP contribution in [0.5, 0.6) is 0 Å². The zero-order chi connectivity index (χ0) is 8.67. The fourth-order valence-corrected chi connectivity index (χ4v) is 2.74. The van der Waals surface area contributed by atoms with Crippen LogP contribution in [0.25, 0.3) is 0 Å². The molecule has 0 amide bonds. The lowest BCUT2D eigenvalue weighted by molar-refractivity contribution is 0.594. The molecule has 0 spiro atoms. The van der Waals surface area contributed by atoms with Crippen LogP contribution in [0.15, 0.2) is 30.3 Å². The number of hydrogen-bond donors (Lipinski definition) is 1. The minimum atomic E-state index is 0.989. The second kappa shape index (κ2) is 2.85. The molecule has 2 atom stereocenters. The average molecular weight is 173 g/mol. The van der Waals surface area contributed by atoms with Gasteiger partial charge in [-0.1, -0.05) is 30.3 Å². The maximum atomic E-state index is 3.44. The molecule has 1 aromatic rings. The number of hydrogen-bond acceptors (Lipinski definition) is 1. The molecule has 1 heterocycles. The van der Waals surface area contributed by atoms with Crippen LogP contribution in [0.2, 0.25) is 0 Å². The fourth-order valence-electron chi connectivity index (χ4n) is 2.74. The molecule has 1 N–H and O–H groups in total. The van der Waals surface area contributed by atoms with Crippen molar-refractivity contribution in [1.29, 1.82) is 0 Å². The molecule has 1 aliphatic carbocycles. The Labute approximate surface area is 79.2 Å². The summed E-state index contributed by atoms with van der Waals surface area (Å²) in [5.74, 6) is 2.99. The van der Waals surface area contributed by atoms with Gasteiger partial charge in [0.25, 0.3) is 0 Å². The lowest BCUT2D eigenvalue weighted by atomic mass is 10.1. The largest absolute Gasteiger partial charge is 0.316 e. The Bertz CT molecular complexity index is 283. The summed E-state index contributed by atoms with van der Waals surface area (Å²) in [5, 5.41) is 3.44. The quantitative estimate of drug-likeness (QED) is 0.717. The first-order chi connectivity index (χ1) is 6.45. The smallest absolute Gasteiger partial charge is 0.00143 e. The van der Waals surface area contributed by atoms with Crippen molar-refractivity contribution in [1.82, 2.24) is 5.32 Å². The van der Waals surface area contributed by atoms with E-state index in [4.69, 9.17) is 0 Å². The van der Waals surface area contributed by atoms with Gasteiger partial charge in [-0.2, -0.15) is 0 Å². The highest BCUT2D eigenvalue weighted by Gasteiger charge is 2.51. The third kappa shape index (κ3) is 1.28. The maximum Gasteiger partial charge on any atom is -0.00143 e. The van der Waals surface area contributed by atoms with Gasteiger partial charge in [-0.3, -0.25) is 0 Å². The molecule has 0 bridgehead atoms. The molecule has 0 aromatic heterocycles. The Hall–Kier alpha value is -0.820. The Balaban J connectivity index is 1.66. The van der Waals surface area contributed by atoms with Gasteiger partial charge in [0.2, 0.25) is 0 Å². The van der Waals surface area contributed by atoms with Crippen LogP contribution < -0.4 is 5.32 Å². The lowest BCUT2D eigenvalue weighted by Gasteiger charge is -2.03. The third-order valence-electron chi connectivity index (χ3n) is 3.58. The van der Waals surface area contributed by atoms with Crippen LogP contribution in [0, 0.1) is 17.8 Å². The van der Waals surface area contributed by atoms with Crippen LogP contribution in [-0.4, -0.2) is 13.1 Å². The molecule has 68 valence electrons. The van der Waals surface area contributed by atoms with Crippen LogP contribution in [-0.2, 0) is 6.42 Å². The summed E-state index contributed by atoms with van der Waals surface area (Å²) >= 11 is 0.